The van der Waals surface area contributed by atoms with Crippen LogP contribution in [0.5, 0.6) is 11.5 Å². The Balaban J connectivity index is 0.898. The highest BCUT2D eigenvalue weighted by Gasteiger charge is 2.44. The highest BCUT2D eigenvalue weighted by molar-refractivity contribution is 6.17. The van der Waals surface area contributed by atoms with Gasteiger partial charge in [-0.2, -0.15) is 0 Å². The zero-order valence-corrected chi connectivity index (χ0v) is 62.7. The fourth-order valence-corrected chi connectivity index (χ4v) is 13.9. The number of aliphatic imine (C=N–C) groups is 1. The Morgan fingerprint density at radius 2 is 1.60 bits per heavy atom. The maximum atomic E-state index is 15.2. The molecule has 0 unspecified atom stereocenters. The molecule has 0 aliphatic carbocycles. The predicted octanol–water partition coefficient (Wildman–Crippen LogP) is 6.75. The summed E-state index contributed by atoms with van der Waals surface area (Å²) < 4.78 is 36.3. The Morgan fingerprint density at radius 1 is 0.907 bits per heavy atom. The van der Waals surface area contributed by atoms with Gasteiger partial charge in [-0.1, -0.05) is 71.4 Å². The number of aromatic nitrogens is 1. The van der Waals surface area contributed by atoms with E-state index >= 15 is 4.79 Å². The summed E-state index contributed by atoms with van der Waals surface area (Å²) >= 11 is 0. The first-order chi connectivity index (χ1) is 51.2. The van der Waals surface area contributed by atoms with Gasteiger partial charge in [0.15, 0.2) is 34.2 Å². The molecule has 0 radical (unpaired) electrons. The summed E-state index contributed by atoms with van der Waals surface area (Å²) in [6.45, 7) is 15.3. The molecule has 30 heteroatoms. The van der Waals surface area contributed by atoms with Crippen molar-refractivity contribution in [3.63, 3.8) is 0 Å². The van der Waals surface area contributed by atoms with Crippen molar-refractivity contribution in [2.75, 3.05) is 55.9 Å². The van der Waals surface area contributed by atoms with Crippen LogP contribution in [0.25, 0.3) is 38.7 Å². The lowest BCUT2D eigenvalue weighted by atomic mass is 9.84. The van der Waals surface area contributed by atoms with E-state index < -0.39 is 117 Å². The van der Waals surface area contributed by atoms with E-state index in [0.717, 1.165) is 4.90 Å². The van der Waals surface area contributed by atoms with E-state index in [9.17, 15) is 63.6 Å². The molecule has 4 bridgehead atoms. The fraction of sp³-hybridized carbons (Fsp3) is 0.487. The second kappa shape index (κ2) is 35.3. The smallest absolute Gasteiger partial charge is 0.410 e. The lowest BCUT2D eigenvalue weighted by molar-refractivity contribution is -0.154. The van der Waals surface area contributed by atoms with Crippen LogP contribution < -0.4 is 53.1 Å². The van der Waals surface area contributed by atoms with Crippen LogP contribution in [0.15, 0.2) is 104 Å². The molecule has 108 heavy (non-hydrogen) atoms. The van der Waals surface area contributed by atoms with Gasteiger partial charge in [-0.25, -0.2) is 9.78 Å². The minimum Gasteiger partial charge on any atom is -0.507 e. The highest BCUT2D eigenvalue weighted by Crippen LogP contribution is 2.43. The molecule has 1 fully saturated rings. The molecular weight excluding hydrogens is 1400 g/mol. The van der Waals surface area contributed by atoms with Gasteiger partial charge in [0.25, 0.3) is 17.7 Å². The summed E-state index contributed by atoms with van der Waals surface area (Å²) in [6, 6.07) is 8.41. The Labute approximate surface area is 623 Å². The molecule has 10 atom stereocenters. The number of rotatable bonds is 23. The van der Waals surface area contributed by atoms with Crippen LogP contribution in [0.3, 0.4) is 0 Å². The molecule has 1 saturated heterocycles. The molecule has 6 amide bonds. The fourth-order valence-electron chi connectivity index (χ4n) is 13.9. The van der Waals surface area contributed by atoms with Gasteiger partial charge in [0.05, 0.1) is 41.2 Å². The molecule has 1 aromatic heterocycles. The third-order valence-electron chi connectivity index (χ3n) is 20.6. The van der Waals surface area contributed by atoms with E-state index in [4.69, 9.17) is 44.6 Å². The van der Waals surface area contributed by atoms with Crippen LogP contribution in [-0.2, 0) is 59.1 Å². The van der Waals surface area contributed by atoms with E-state index in [0.29, 0.717) is 68.6 Å². The summed E-state index contributed by atoms with van der Waals surface area (Å²) in [7, 11) is 3.04. The number of anilines is 3. The van der Waals surface area contributed by atoms with E-state index in [2.05, 4.69) is 20.9 Å². The molecule has 4 aromatic carbocycles. The second-order valence-electron chi connectivity index (χ2n) is 28.7. The number of piperidine rings is 1. The number of phenolic OH excluding ortho intramolecular Hbond substituents is 1. The molecule has 4 aliphatic rings. The number of nitrogens with one attached hydrogen (secondary N) is 3. The number of amides is 6. The number of aromatic hydroxyl groups is 1. The van der Waals surface area contributed by atoms with E-state index in [1.165, 1.54) is 82.4 Å². The SMILES string of the molecule is CO[C@H]1/C=C/O[C@@]2(C)Oc3c(C)c(O)c4c(=O)c(c5oc6cc(N7CCC(N(C)C(=O)OCc8ccc(NC(=O)[C@H](CCCN=C(N)N)CC(=O)[C@@H](NC(=O)CCCCCN9C(=O)C=CC9=O)C(C)C)cc8)CC7)cc(=O)c6nc5c4c3=C2O)NC(=O)/C(C)=C\C=C\[C@H](C)[C@H](O)[C@@H](C)[C@@H](O)C[C@H](OC(C)=O)[C@H]1C. The Bertz CT molecular complexity index is 4600. The second-order valence-corrected chi connectivity index (χ2v) is 28.7. The number of carbonyl (C=O) groups is 8. The van der Waals surface area contributed by atoms with E-state index in [1.54, 1.807) is 78.1 Å². The number of ketones is 1. The van der Waals surface area contributed by atoms with Gasteiger partial charge in [-0.15, -0.1) is 0 Å². The number of aliphatic hydroxyl groups excluding tert-OH is 3. The van der Waals surface area contributed by atoms with E-state index in [-0.39, 0.29) is 136 Å². The molecule has 5 aromatic rings. The van der Waals surface area contributed by atoms with Gasteiger partial charge in [-0.3, -0.25) is 53.0 Å². The zero-order chi connectivity index (χ0) is 78.7. The Hall–Kier alpha value is -10.7. The number of fused-ring (bicyclic) bond motifs is 2. The maximum absolute atomic E-state index is 15.2. The lowest BCUT2D eigenvalue weighted by Crippen LogP contribution is -2.46. The number of benzene rings is 4. The van der Waals surface area contributed by atoms with Gasteiger partial charge >= 0.3 is 17.8 Å². The summed E-state index contributed by atoms with van der Waals surface area (Å²) in [4.78, 5) is 148. The number of Topliss-reactive ketones (excluding diaryl/α,β-unsaturated/α-hetero) is 1. The van der Waals surface area contributed by atoms with Crippen LogP contribution in [0.2, 0.25) is 0 Å². The molecule has 11 N–H and O–H groups in total. The molecule has 580 valence electrons. The molecule has 5 heterocycles. The van der Waals surface area contributed by atoms with Crippen LogP contribution in [-0.4, -0.2) is 171 Å². The topological polar surface area (TPSA) is 434 Å². The molecule has 0 spiro atoms. The van der Waals surface area contributed by atoms with Crippen LogP contribution in [0.1, 0.15) is 131 Å². The van der Waals surface area contributed by atoms with E-state index in [1.807, 2.05) is 4.90 Å². The zero-order valence-electron chi connectivity index (χ0n) is 62.7. The first-order valence-electron chi connectivity index (χ1n) is 36.3. The number of methoxy groups -OCH3 is 1. The number of imide groups is 1. The number of esters is 1. The van der Waals surface area contributed by atoms with Gasteiger partial charge in [0.2, 0.25) is 22.7 Å². The third kappa shape index (κ3) is 18.8. The standard InChI is InChI=1S/C78H98N10O20/c1-40(2)64(83-58(93)20-13-12-14-31-88-59(94)25-26-60(88)95)53(91)35-48(19-16-30-81-76(79)80)75(101)82-49-23-21-47(22-24-49)39-104-77(102)86(10)50-27-32-87(33-28-50)51-36-54(92)65-57(37-51)107-72-66(84-65)61-62-69(97)45(7)71-63(61)73(99)78(9,108-71)105-34-29-55(103-11)44(6)56(106-46(8)89)38-52(90)43(5)68(96)41(3)17-15-18-42(4)74(100)85-67(72)70(62)98/h15,17-18,21-26,29,34,36-37,40-41,43-44,48,50,52,55-56,64,68,90,96-97,99H,12-14,16,19-20,27-28,30-33,35,38-39H2,1-11H3,(H,82,101)(H,83,93)(H,85,100)(H4,79,80,81)/b17-15+,34-29+,42-18-/t41-,43-,44-,48+,52-,55-,56-,64-,68-,78-/m0/s1. The molecule has 9 rings (SSSR count). The van der Waals surface area contributed by atoms with Crippen molar-refractivity contribution in [3.8, 4) is 11.5 Å². The van der Waals surface area contributed by atoms with Crippen molar-refractivity contribution < 1.29 is 86.9 Å². The monoisotopic (exact) mass is 1490 g/mol. The Kier molecular flexibility index (Phi) is 26.6. The number of hydrogen-bond acceptors (Lipinski definition) is 23. The summed E-state index contributed by atoms with van der Waals surface area (Å²) in [5, 5.41) is 55.0. The molecule has 0 saturated carbocycles. The number of hydrogen-bond donors (Lipinski definition) is 9. The predicted molar refractivity (Wildman–Crippen MR) is 403 cm³/mol. The number of ether oxygens (including phenoxy) is 5. The van der Waals surface area contributed by atoms with Crippen LogP contribution in [0, 0.1) is 36.5 Å². The van der Waals surface area contributed by atoms with Gasteiger partial charge in [-0.05, 0) is 82.1 Å². The average molecular weight is 1500 g/mol. The molecular formula is C78H98N10O20. The van der Waals surface area contributed by atoms with Crippen LogP contribution >= 0.6 is 0 Å². The number of guanidine groups is 1. The average Bonchev–Trinajstić information content (AvgIpc) is 1.41. The third-order valence-corrected chi connectivity index (χ3v) is 20.6. The molecule has 30 nitrogen and oxygen atoms in total. The number of unbranched alkanes of at least 4 members (excludes halogenated alkanes) is 2. The van der Waals surface area contributed by atoms with Crippen LogP contribution in [0.4, 0.5) is 21.9 Å². The van der Waals surface area contributed by atoms with Crippen molar-refractivity contribution in [3.05, 3.63) is 121 Å². The van der Waals surface area contributed by atoms with Gasteiger partial charge in [0, 0.05) is 155 Å². The Morgan fingerprint density at radius 3 is 2.26 bits per heavy atom. The number of aliphatic hydroxyl groups is 3. The van der Waals surface area contributed by atoms with Crippen molar-refractivity contribution >= 4 is 109 Å². The first kappa shape index (κ1) is 81.4. The largest absolute Gasteiger partial charge is 0.507 e. The van der Waals surface area contributed by atoms with Crippen molar-refractivity contribution in [2.45, 2.75) is 175 Å². The maximum Gasteiger partial charge on any atom is 0.410 e. The van der Waals surface area contributed by atoms with Crippen molar-refractivity contribution in [1.82, 2.24) is 20.1 Å². The van der Waals surface area contributed by atoms with Crippen molar-refractivity contribution in [1.29, 1.82) is 0 Å². The number of phenols is 1. The number of allylic oxidation sites excluding steroid dienone is 2. The quantitative estimate of drug-likeness (QED) is 0.00621. The normalized spacial score (nSPS) is 23.2. The number of nitrogens with two attached hydrogens (primary N) is 2. The minimum atomic E-state index is -2.06. The molecule has 4 aliphatic heterocycles. The number of nitrogens with zero attached hydrogens (tertiary/aromatic N) is 5. The number of carbonyl (C=O) groups excluding carboxylic acids is 8. The highest BCUT2D eigenvalue weighted by atomic mass is 16.7. The summed E-state index contributed by atoms with van der Waals surface area (Å²) in [5.41, 5.74) is 9.69. The summed E-state index contributed by atoms with van der Waals surface area (Å²) in [5.74, 6) is -9.82. The minimum absolute atomic E-state index is 0.00402. The first-order valence-corrected chi connectivity index (χ1v) is 36.3. The van der Waals surface area contributed by atoms with Gasteiger partial charge in [0.1, 0.15) is 35.4 Å². The van der Waals surface area contributed by atoms with Crippen molar-refractivity contribution in [2.24, 2.45) is 46.0 Å². The summed E-state index contributed by atoms with van der Waals surface area (Å²) in [6.07, 6.45) is 7.97. The lowest BCUT2D eigenvalue weighted by Gasteiger charge is -2.37. The van der Waals surface area contributed by atoms with Gasteiger partial charge < -0.3 is 85.7 Å².